The molecule has 0 fully saturated rings. The van der Waals surface area contributed by atoms with Gasteiger partial charge in [0, 0.05) is 10.6 Å². The Balaban J connectivity index is 2.07. The average Bonchev–Trinajstić information content (AvgIpc) is 2.62. The summed E-state index contributed by atoms with van der Waals surface area (Å²) in [5.74, 6) is 1.22. The number of carbonyl (C=O) groups excluding carboxylic acids is 1. The number of rotatable bonds is 7. The topological polar surface area (TPSA) is 47.6 Å². The van der Waals surface area contributed by atoms with Gasteiger partial charge in [0.1, 0.15) is 11.5 Å². The van der Waals surface area contributed by atoms with Crippen LogP contribution < -0.4 is 14.8 Å². The van der Waals surface area contributed by atoms with Gasteiger partial charge in [-0.15, -0.1) is 0 Å². The van der Waals surface area contributed by atoms with Crippen molar-refractivity contribution < 1.29 is 14.3 Å². The Morgan fingerprint density at radius 1 is 1.24 bits per heavy atom. The molecular weight excluding hydrogens is 338 g/mol. The van der Waals surface area contributed by atoms with Crippen molar-refractivity contribution in [3.63, 3.8) is 0 Å². The number of nitrogens with one attached hydrogen (secondary N) is 1. The molecule has 0 bridgehead atoms. The van der Waals surface area contributed by atoms with E-state index in [0.29, 0.717) is 17.2 Å². The largest absolute Gasteiger partial charge is 0.496 e. The molecule has 2 rings (SSSR count). The number of carbonyl (C=O) groups is 1. The van der Waals surface area contributed by atoms with E-state index in [1.807, 2.05) is 51.1 Å². The maximum atomic E-state index is 12.6. The monoisotopic (exact) mass is 361 g/mol. The van der Waals surface area contributed by atoms with E-state index < -0.39 is 6.10 Å². The Hall–Kier alpha value is -2.20. The first-order valence-corrected chi connectivity index (χ1v) is 8.70. The normalized spacial score (nSPS) is 13.0. The van der Waals surface area contributed by atoms with Crippen LogP contribution in [0.2, 0.25) is 5.02 Å². The predicted octanol–water partition coefficient (Wildman–Crippen LogP) is 4.69. The van der Waals surface area contributed by atoms with Crippen molar-refractivity contribution in [1.29, 1.82) is 0 Å². The molecule has 0 spiro atoms. The van der Waals surface area contributed by atoms with Crippen LogP contribution in [0.5, 0.6) is 11.5 Å². The Bertz CT molecular complexity index is 733. The zero-order valence-electron chi connectivity index (χ0n) is 15.0. The van der Waals surface area contributed by atoms with Crippen molar-refractivity contribution in [1.82, 2.24) is 5.32 Å². The highest BCUT2D eigenvalue weighted by Crippen LogP contribution is 2.25. The Morgan fingerprint density at radius 3 is 2.60 bits per heavy atom. The summed E-state index contributed by atoms with van der Waals surface area (Å²) in [6.45, 7) is 5.75. The molecule has 0 aromatic heterocycles. The molecule has 0 aliphatic carbocycles. The third-order valence-electron chi connectivity index (χ3n) is 4.04. The second-order valence-corrected chi connectivity index (χ2v) is 6.31. The highest BCUT2D eigenvalue weighted by Gasteiger charge is 2.22. The average molecular weight is 362 g/mol. The first kappa shape index (κ1) is 19.1. The summed E-state index contributed by atoms with van der Waals surface area (Å²) in [4.78, 5) is 12.6. The van der Waals surface area contributed by atoms with Gasteiger partial charge in [-0.3, -0.25) is 4.79 Å². The molecule has 1 N–H and O–H groups in total. The number of hydrogen-bond acceptors (Lipinski definition) is 3. The molecule has 0 radical (unpaired) electrons. The summed E-state index contributed by atoms with van der Waals surface area (Å²) in [5.41, 5.74) is 1.84. The van der Waals surface area contributed by atoms with Crippen LogP contribution in [0.3, 0.4) is 0 Å². The van der Waals surface area contributed by atoms with E-state index in [9.17, 15) is 4.79 Å². The highest BCUT2D eigenvalue weighted by atomic mass is 35.5. The molecule has 0 aliphatic rings. The van der Waals surface area contributed by atoms with Crippen molar-refractivity contribution in [2.24, 2.45) is 0 Å². The standard InChI is InChI=1S/C20H24ClNO3/c1-5-18(25-15-10-11-17(21)13(2)12-15)20(23)22-14(3)16-8-6-7-9-19(16)24-4/h6-12,14,18H,5H2,1-4H3,(H,22,23)/t14-,18+/m0/s1. The minimum Gasteiger partial charge on any atom is -0.496 e. The van der Waals surface area contributed by atoms with E-state index in [2.05, 4.69) is 5.32 Å². The molecule has 2 atom stereocenters. The lowest BCUT2D eigenvalue weighted by molar-refractivity contribution is -0.128. The van der Waals surface area contributed by atoms with Gasteiger partial charge in [0.05, 0.1) is 13.2 Å². The third-order valence-corrected chi connectivity index (χ3v) is 4.46. The summed E-state index contributed by atoms with van der Waals surface area (Å²) < 4.78 is 11.2. The second kappa shape index (κ2) is 8.77. The zero-order valence-corrected chi connectivity index (χ0v) is 15.8. The van der Waals surface area contributed by atoms with E-state index in [1.165, 1.54) is 0 Å². The molecule has 5 heteroatoms. The molecule has 4 nitrogen and oxygen atoms in total. The van der Waals surface area contributed by atoms with Crippen LogP contribution in [0.4, 0.5) is 0 Å². The van der Waals surface area contributed by atoms with E-state index >= 15 is 0 Å². The number of halogens is 1. The SMILES string of the molecule is CC[C@@H](Oc1ccc(Cl)c(C)c1)C(=O)N[C@@H](C)c1ccccc1OC. The lowest BCUT2D eigenvalue weighted by atomic mass is 10.1. The summed E-state index contributed by atoms with van der Waals surface area (Å²) in [6.07, 6.45) is -0.00989. The molecule has 1 amide bonds. The molecule has 0 aliphatic heterocycles. The van der Waals surface area contributed by atoms with Gasteiger partial charge in [-0.2, -0.15) is 0 Å². The predicted molar refractivity (Wildman–Crippen MR) is 100 cm³/mol. The molecular formula is C20H24ClNO3. The van der Waals surface area contributed by atoms with Crippen molar-refractivity contribution in [3.8, 4) is 11.5 Å². The number of aryl methyl sites for hydroxylation is 1. The third kappa shape index (κ3) is 4.89. The van der Waals surface area contributed by atoms with Gasteiger partial charge in [0.25, 0.3) is 5.91 Å². The molecule has 0 saturated carbocycles. The van der Waals surface area contributed by atoms with Crippen LogP contribution in [-0.4, -0.2) is 19.1 Å². The minimum atomic E-state index is -0.572. The first-order valence-electron chi connectivity index (χ1n) is 8.32. The number of hydrogen-bond donors (Lipinski definition) is 1. The van der Waals surface area contributed by atoms with Crippen molar-refractivity contribution >= 4 is 17.5 Å². The van der Waals surface area contributed by atoms with Crippen molar-refractivity contribution in [3.05, 3.63) is 58.6 Å². The molecule has 0 heterocycles. The van der Waals surface area contributed by atoms with Gasteiger partial charge < -0.3 is 14.8 Å². The summed E-state index contributed by atoms with van der Waals surface area (Å²) in [6, 6.07) is 12.8. The zero-order chi connectivity index (χ0) is 18.4. The molecule has 0 unspecified atom stereocenters. The minimum absolute atomic E-state index is 0.159. The fraction of sp³-hybridized carbons (Fsp3) is 0.350. The molecule has 0 saturated heterocycles. The van der Waals surface area contributed by atoms with Crippen LogP contribution in [0.1, 0.15) is 37.4 Å². The van der Waals surface area contributed by atoms with Gasteiger partial charge in [0.2, 0.25) is 0 Å². The lowest BCUT2D eigenvalue weighted by Gasteiger charge is -2.22. The Labute approximate surface area is 154 Å². The van der Waals surface area contributed by atoms with Crippen LogP contribution in [0, 0.1) is 6.92 Å². The van der Waals surface area contributed by atoms with Gasteiger partial charge in [0.15, 0.2) is 6.10 Å². The number of benzene rings is 2. The number of methoxy groups -OCH3 is 1. The summed E-state index contributed by atoms with van der Waals surface area (Å²) in [5, 5.41) is 3.67. The quantitative estimate of drug-likeness (QED) is 0.778. The molecule has 2 aromatic carbocycles. The fourth-order valence-electron chi connectivity index (χ4n) is 2.59. The van der Waals surface area contributed by atoms with Crippen LogP contribution in [0.25, 0.3) is 0 Å². The number of para-hydroxylation sites is 1. The van der Waals surface area contributed by atoms with Crippen LogP contribution in [-0.2, 0) is 4.79 Å². The summed E-state index contributed by atoms with van der Waals surface area (Å²) >= 11 is 6.03. The number of amides is 1. The second-order valence-electron chi connectivity index (χ2n) is 5.90. The summed E-state index contributed by atoms with van der Waals surface area (Å²) in [7, 11) is 1.62. The van der Waals surface area contributed by atoms with E-state index in [4.69, 9.17) is 21.1 Å². The Morgan fingerprint density at radius 2 is 1.96 bits per heavy atom. The Kier molecular flexibility index (Phi) is 6.71. The maximum Gasteiger partial charge on any atom is 0.261 e. The van der Waals surface area contributed by atoms with E-state index in [1.54, 1.807) is 19.2 Å². The smallest absolute Gasteiger partial charge is 0.261 e. The number of ether oxygens (including phenoxy) is 2. The van der Waals surface area contributed by atoms with Gasteiger partial charge in [-0.05, 0) is 50.1 Å². The van der Waals surface area contributed by atoms with Crippen molar-refractivity contribution in [2.75, 3.05) is 7.11 Å². The van der Waals surface area contributed by atoms with Gasteiger partial charge in [-0.1, -0.05) is 36.7 Å². The van der Waals surface area contributed by atoms with Crippen LogP contribution in [0.15, 0.2) is 42.5 Å². The molecule has 25 heavy (non-hydrogen) atoms. The first-order chi connectivity index (χ1) is 12.0. The molecule has 2 aromatic rings. The lowest BCUT2D eigenvalue weighted by Crippen LogP contribution is -2.39. The van der Waals surface area contributed by atoms with E-state index in [-0.39, 0.29) is 11.9 Å². The maximum absolute atomic E-state index is 12.6. The van der Waals surface area contributed by atoms with Gasteiger partial charge in [-0.25, -0.2) is 0 Å². The van der Waals surface area contributed by atoms with Crippen molar-refractivity contribution in [2.45, 2.75) is 39.3 Å². The molecule has 134 valence electrons. The highest BCUT2D eigenvalue weighted by molar-refractivity contribution is 6.31. The fourth-order valence-corrected chi connectivity index (χ4v) is 2.70. The van der Waals surface area contributed by atoms with E-state index in [0.717, 1.165) is 16.9 Å². The van der Waals surface area contributed by atoms with Crippen LogP contribution >= 0.6 is 11.6 Å². The van der Waals surface area contributed by atoms with Gasteiger partial charge >= 0.3 is 0 Å².